The van der Waals surface area contributed by atoms with Gasteiger partial charge in [0.15, 0.2) is 0 Å². The van der Waals surface area contributed by atoms with Gasteiger partial charge in [0, 0.05) is 12.6 Å². The third-order valence-electron chi connectivity index (χ3n) is 2.30. The standard InChI is InChI=1S/C7H13F3N2O2S/c1-6-4-2-3-5-12(6)15(13,14)11-7(8,9)10/h6,11H,2-5H2,1H3. The minimum Gasteiger partial charge on any atom is -0.195 e. The van der Waals surface area contributed by atoms with Gasteiger partial charge < -0.3 is 0 Å². The molecule has 0 aromatic heterocycles. The van der Waals surface area contributed by atoms with Crippen LogP contribution in [0.25, 0.3) is 0 Å². The lowest BCUT2D eigenvalue weighted by Crippen LogP contribution is -2.51. The molecule has 0 amide bonds. The van der Waals surface area contributed by atoms with E-state index in [0.29, 0.717) is 17.6 Å². The second kappa shape index (κ2) is 4.26. The van der Waals surface area contributed by atoms with Crippen LogP contribution in [0.4, 0.5) is 13.2 Å². The van der Waals surface area contributed by atoms with E-state index in [1.807, 2.05) is 0 Å². The Morgan fingerprint density at radius 2 is 1.93 bits per heavy atom. The summed E-state index contributed by atoms with van der Waals surface area (Å²) in [5.41, 5.74) is 0. The first-order valence-electron chi connectivity index (χ1n) is 4.60. The highest BCUT2D eigenvalue weighted by Gasteiger charge is 2.39. The number of halogens is 3. The van der Waals surface area contributed by atoms with Crippen molar-refractivity contribution in [2.24, 2.45) is 0 Å². The van der Waals surface area contributed by atoms with Crippen molar-refractivity contribution in [2.45, 2.75) is 38.5 Å². The maximum atomic E-state index is 11.9. The predicted molar refractivity (Wildman–Crippen MR) is 48.1 cm³/mol. The van der Waals surface area contributed by atoms with Crippen LogP contribution in [0.1, 0.15) is 26.2 Å². The van der Waals surface area contributed by atoms with Crippen LogP contribution in [-0.2, 0) is 10.2 Å². The predicted octanol–water partition coefficient (Wildman–Crippen LogP) is 1.22. The first-order chi connectivity index (χ1) is 6.72. The fraction of sp³-hybridized carbons (Fsp3) is 1.00. The van der Waals surface area contributed by atoms with Crippen molar-refractivity contribution in [2.75, 3.05) is 6.54 Å². The summed E-state index contributed by atoms with van der Waals surface area (Å²) in [5, 5.41) is 0. The van der Waals surface area contributed by atoms with Gasteiger partial charge in [-0.2, -0.15) is 25.9 Å². The third kappa shape index (κ3) is 3.62. The van der Waals surface area contributed by atoms with Crippen molar-refractivity contribution in [3.63, 3.8) is 0 Å². The topological polar surface area (TPSA) is 49.4 Å². The zero-order valence-corrected chi connectivity index (χ0v) is 9.03. The smallest absolute Gasteiger partial charge is 0.195 e. The van der Waals surface area contributed by atoms with Crippen molar-refractivity contribution >= 4 is 10.2 Å². The summed E-state index contributed by atoms with van der Waals surface area (Å²) in [4.78, 5) is 0. The van der Waals surface area contributed by atoms with Gasteiger partial charge in [-0.25, -0.2) is 0 Å². The summed E-state index contributed by atoms with van der Waals surface area (Å²) >= 11 is 0. The fourth-order valence-electron chi connectivity index (χ4n) is 1.63. The van der Waals surface area contributed by atoms with Crippen LogP contribution in [0.15, 0.2) is 0 Å². The number of piperidine rings is 1. The third-order valence-corrected chi connectivity index (χ3v) is 3.94. The molecule has 0 aliphatic carbocycles. The number of hydrogen-bond acceptors (Lipinski definition) is 2. The minimum absolute atomic E-state index is 0.145. The Labute approximate surface area is 86.6 Å². The lowest BCUT2D eigenvalue weighted by atomic mass is 10.1. The molecule has 1 atom stereocenters. The molecule has 0 radical (unpaired) electrons. The number of hydrogen-bond donors (Lipinski definition) is 1. The van der Waals surface area contributed by atoms with Gasteiger partial charge in [0.2, 0.25) is 0 Å². The zero-order chi connectivity index (χ0) is 11.7. The maximum absolute atomic E-state index is 11.9. The van der Waals surface area contributed by atoms with E-state index in [2.05, 4.69) is 0 Å². The molecule has 1 N–H and O–H groups in total. The molecular weight excluding hydrogens is 233 g/mol. The Morgan fingerprint density at radius 1 is 1.33 bits per heavy atom. The first-order valence-corrected chi connectivity index (χ1v) is 6.04. The molecule has 1 aliphatic heterocycles. The average molecular weight is 246 g/mol. The largest absolute Gasteiger partial charge is 0.471 e. The Morgan fingerprint density at radius 3 is 2.40 bits per heavy atom. The Kier molecular flexibility index (Phi) is 3.62. The van der Waals surface area contributed by atoms with Crippen LogP contribution in [-0.4, -0.2) is 31.6 Å². The van der Waals surface area contributed by atoms with Gasteiger partial charge in [0.05, 0.1) is 0 Å². The Bertz CT molecular complexity index is 315. The highest BCUT2D eigenvalue weighted by atomic mass is 32.2. The summed E-state index contributed by atoms with van der Waals surface area (Å²) in [6, 6.07) is -0.376. The highest BCUT2D eigenvalue weighted by molar-refractivity contribution is 7.87. The molecule has 1 rings (SSSR count). The minimum atomic E-state index is -4.91. The number of nitrogens with zero attached hydrogens (tertiary/aromatic N) is 1. The van der Waals surface area contributed by atoms with E-state index in [-0.39, 0.29) is 12.6 Å². The lowest BCUT2D eigenvalue weighted by Gasteiger charge is -2.32. The van der Waals surface area contributed by atoms with Crippen LogP contribution in [0.3, 0.4) is 0 Å². The summed E-state index contributed by atoms with van der Waals surface area (Å²) in [6.07, 6.45) is -2.86. The van der Waals surface area contributed by atoms with Gasteiger partial charge in [-0.1, -0.05) is 6.42 Å². The molecule has 15 heavy (non-hydrogen) atoms. The van der Waals surface area contributed by atoms with Crippen LogP contribution >= 0.6 is 0 Å². The molecule has 1 unspecified atom stereocenters. The molecular formula is C7H13F3N2O2S. The molecule has 0 spiro atoms. The Balaban J connectivity index is 2.76. The van der Waals surface area contributed by atoms with Crippen LogP contribution < -0.4 is 4.72 Å². The lowest BCUT2D eigenvalue weighted by molar-refractivity contribution is -0.139. The fourth-order valence-corrected chi connectivity index (χ4v) is 2.99. The van der Waals surface area contributed by atoms with Gasteiger partial charge in [0.1, 0.15) is 0 Å². The second-order valence-corrected chi connectivity index (χ2v) is 5.18. The second-order valence-electron chi connectivity index (χ2n) is 3.56. The van der Waals surface area contributed by atoms with Crippen molar-refractivity contribution in [1.82, 2.24) is 9.03 Å². The van der Waals surface area contributed by atoms with E-state index >= 15 is 0 Å². The number of nitrogens with one attached hydrogen (secondary N) is 1. The monoisotopic (exact) mass is 246 g/mol. The number of rotatable bonds is 2. The molecule has 1 fully saturated rings. The van der Waals surface area contributed by atoms with E-state index in [9.17, 15) is 21.6 Å². The summed E-state index contributed by atoms with van der Waals surface area (Å²) < 4.78 is 59.9. The van der Waals surface area contributed by atoms with Gasteiger partial charge in [-0.3, -0.25) is 0 Å². The molecule has 8 heteroatoms. The molecule has 4 nitrogen and oxygen atoms in total. The average Bonchev–Trinajstić information content (AvgIpc) is 1.99. The van der Waals surface area contributed by atoms with Crippen molar-refractivity contribution in [1.29, 1.82) is 0 Å². The van der Waals surface area contributed by atoms with Crippen molar-refractivity contribution in [3.05, 3.63) is 0 Å². The molecule has 90 valence electrons. The molecule has 1 aliphatic rings. The van der Waals surface area contributed by atoms with E-state index in [1.54, 1.807) is 6.92 Å². The van der Waals surface area contributed by atoms with Crippen molar-refractivity contribution in [3.8, 4) is 0 Å². The van der Waals surface area contributed by atoms with E-state index in [4.69, 9.17) is 0 Å². The van der Waals surface area contributed by atoms with Crippen LogP contribution in [0.2, 0.25) is 0 Å². The quantitative estimate of drug-likeness (QED) is 0.745. The van der Waals surface area contributed by atoms with Crippen LogP contribution in [0.5, 0.6) is 0 Å². The first kappa shape index (κ1) is 12.7. The number of alkyl halides is 3. The molecule has 0 aromatic carbocycles. The van der Waals surface area contributed by atoms with E-state index < -0.39 is 16.5 Å². The Hall–Kier alpha value is -0.340. The molecule has 1 saturated heterocycles. The summed E-state index contributed by atoms with van der Waals surface area (Å²) in [5.74, 6) is 0. The molecule has 1 heterocycles. The van der Waals surface area contributed by atoms with Gasteiger partial charge >= 0.3 is 6.30 Å². The summed E-state index contributed by atoms with van der Waals surface area (Å²) in [7, 11) is -4.43. The molecule has 0 aromatic rings. The maximum Gasteiger partial charge on any atom is 0.471 e. The van der Waals surface area contributed by atoms with Crippen LogP contribution in [0, 0.1) is 0 Å². The van der Waals surface area contributed by atoms with E-state index in [0.717, 1.165) is 10.7 Å². The van der Waals surface area contributed by atoms with Gasteiger partial charge in [-0.15, -0.1) is 4.72 Å². The van der Waals surface area contributed by atoms with E-state index in [1.165, 1.54) is 0 Å². The molecule has 0 saturated carbocycles. The SMILES string of the molecule is CC1CCCCN1S(=O)(=O)NC(F)(F)F. The van der Waals surface area contributed by atoms with Gasteiger partial charge in [-0.05, 0) is 19.8 Å². The molecule has 0 bridgehead atoms. The highest BCUT2D eigenvalue weighted by Crippen LogP contribution is 2.21. The zero-order valence-electron chi connectivity index (χ0n) is 8.21. The normalized spacial score (nSPS) is 25.5. The summed E-state index contributed by atoms with van der Waals surface area (Å²) in [6.45, 7) is 1.75. The van der Waals surface area contributed by atoms with Crippen molar-refractivity contribution < 1.29 is 21.6 Å². The van der Waals surface area contributed by atoms with Gasteiger partial charge in [0.25, 0.3) is 10.2 Å².